The molecule has 3 N–H and O–H groups in total. The third-order valence-electron chi connectivity index (χ3n) is 3.25. The summed E-state index contributed by atoms with van der Waals surface area (Å²) in [5.41, 5.74) is 0.885. The van der Waals surface area contributed by atoms with Crippen LogP contribution in [0.15, 0.2) is 18.2 Å². The van der Waals surface area contributed by atoms with Crippen LogP contribution in [0.1, 0.15) is 23.7 Å². The van der Waals surface area contributed by atoms with Crippen LogP contribution in [-0.4, -0.2) is 31.4 Å². The molecule has 1 fully saturated rings. The van der Waals surface area contributed by atoms with Gasteiger partial charge in [-0.05, 0) is 38.1 Å². The molecule has 1 aliphatic heterocycles. The van der Waals surface area contributed by atoms with E-state index in [1.807, 2.05) is 6.92 Å². The molecule has 0 bridgehead atoms. The summed E-state index contributed by atoms with van der Waals surface area (Å²) in [6, 6.07) is 4.88. The summed E-state index contributed by atoms with van der Waals surface area (Å²) in [6.45, 7) is 3.88. The number of anilines is 1. The molecule has 0 aliphatic carbocycles. The molecule has 1 unspecified atom stereocenters. The van der Waals surface area contributed by atoms with Crippen molar-refractivity contribution in [2.24, 2.45) is 5.92 Å². The van der Waals surface area contributed by atoms with Crippen LogP contribution in [0.4, 0.5) is 5.69 Å². The predicted molar refractivity (Wildman–Crippen MR) is 79.1 cm³/mol. The molecule has 5 nitrogen and oxygen atoms in total. The molecule has 0 spiro atoms. The van der Waals surface area contributed by atoms with Crippen LogP contribution in [0.25, 0.3) is 0 Å². The average Bonchev–Trinajstić information content (AvgIpc) is 2.95. The van der Waals surface area contributed by atoms with Crippen molar-refractivity contribution in [3.8, 4) is 0 Å². The summed E-state index contributed by atoms with van der Waals surface area (Å²) in [4.78, 5) is 24.1. The minimum absolute atomic E-state index is 0.0484. The van der Waals surface area contributed by atoms with E-state index in [1.165, 1.54) is 0 Å². The first-order valence-corrected chi connectivity index (χ1v) is 7.09. The van der Waals surface area contributed by atoms with E-state index in [4.69, 9.17) is 11.6 Å². The Bertz CT molecular complexity index is 513. The summed E-state index contributed by atoms with van der Waals surface area (Å²) in [6.07, 6.45) is 0.815. The van der Waals surface area contributed by atoms with Crippen LogP contribution in [0.2, 0.25) is 5.02 Å². The number of benzene rings is 1. The van der Waals surface area contributed by atoms with E-state index in [2.05, 4.69) is 16.0 Å². The Morgan fingerprint density at radius 3 is 2.90 bits per heavy atom. The van der Waals surface area contributed by atoms with Crippen LogP contribution in [-0.2, 0) is 4.79 Å². The van der Waals surface area contributed by atoms with Crippen LogP contribution in [0.3, 0.4) is 0 Å². The van der Waals surface area contributed by atoms with Gasteiger partial charge in [0.2, 0.25) is 5.91 Å². The van der Waals surface area contributed by atoms with Gasteiger partial charge in [0.15, 0.2) is 0 Å². The lowest BCUT2D eigenvalue weighted by Gasteiger charge is -2.14. The number of carbonyl (C=O) groups is 2. The number of hydrogen-bond donors (Lipinski definition) is 3. The SMILES string of the molecule is CCNC(=O)c1cc(Cl)ccc1NC(=O)C1CCNC1. The molecule has 1 heterocycles. The Morgan fingerprint density at radius 2 is 2.25 bits per heavy atom. The second-order valence-electron chi connectivity index (χ2n) is 4.73. The van der Waals surface area contributed by atoms with Gasteiger partial charge < -0.3 is 16.0 Å². The minimum Gasteiger partial charge on any atom is -0.352 e. The predicted octanol–water partition coefficient (Wildman–Crippen LogP) is 1.64. The van der Waals surface area contributed by atoms with Crippen molar-refractivity contribution >= 4 is 29.1 Å². The van der Waals surface area contributed by atoms with E-state index in [0.717, 1.165) is 13.0 Å². The maximum Gasteiger partial charge on any atom is 0.253 e. The van der Waals surface area contributed by atoms with Gasteiger partial charge in [-0.3, -0.25) is 9.59 Å². The lowest BCUT2D eigenvalue weighted by atomic mass is 10.1. The zero-order valence-corrected chi connectivity index (χ0v) is 12.1. The Morgan fingerprint density at radius 1 is 1.45 bits per heavy atom. The average molecular weight is 296 g/mol. The molecule has 0 radical (unpaired) electrons. The van der Waals surface area contributed by atoms with Crippen LogP contribution in [0.5, 0.6) is 0 Å². The van der Waals surface area contributed by atoms with Gasteiger partial charge in [0.25, 0.3) is 5.91 Å². The molecule has 2 rings (SSSR count). The highest BCUT2D eigenvalue weighted by atomic mass is 35.5. The Kier molecular flexibility index (Phi) is 4.98. The number of amides is 2. The molecule has 1 aromatic rings. The molecule has 6 heteroatoms. The fourth-order valence-electron chi connectivity index (χ4n) is 2.18. The quantitative estimate of drug-likeness (QED) is 0.791. The standard InChI is InChI=1S/C14H18ClN3O2/c1-2-17-14(20)11-7-10(15)3-4-12(11)18-13(19)9-5-6-16-8-9/h3-4,7,9,16H,2,5-6,8H2,1H3,(H,17,20)(H,18,19). The van der Waals surface area contributed by atoms with Crippen LogP contribution < -0.4 is 16.0 Å². The third-order valence-corrected chi connectivity index (χ3v) is 3.49. The van der Waals surface area contributed by atoms with Crippen molar-refractivity contribution in [3.63, 3.8) is 0 Å². The maximum absolute atomic E-state index is 12.1. The van der Waals surface area contributed by atoms with Crippen molar-refractivity contribution in [2.75, 3.05) is 25.0 Å². The van der Waals surface area contributed by atoms with Gasteiger partial charge in [-0.15, -0.1) is 0 Å². The summed E-state index contributed by atoms with van der Waals surface area (Å²) in [5, 5.41) is 9.14. The van der Waals surface area contributed by atoms with Crippen molar-refractivity contribution in [1.29, 1.82) is 0 Å². The highest BCUT2D eigenvalue weighted by Crippen LogP contribution is 2.22. The van der Waals surface area contributed by atoms with E-state index in [1.54, 1.807) is 18.2 Å². The Balaban J connectivity index is 2.17. The lowest BCUT2D eigenvalue weighted by Crippen LogP contribution is -2.28. The van der Waals surface area contributed by atoms with Gasteiger partial charge in [-0.2, -0.15) is 0 Å². The molecule has 0 saturated carbocycles. The zero-order chi connectivity index (χ0) is 14.5. The van der Waals surface area contributed by atoms with E-state index in [9.17, 15) is 9.59 Å². The second-order valence-corrected chi connectivity index (χ2v) is 5.16. The molecule has 108 valence electrons. The molecule has 1 saturated heterocycles. The first-order chi connectivity index (χ1) is 9.61. The topological polar surface area (TPSA) is 70.2 Å². The van der Waals surface area contributed by atoms with Crippen molar-refractivity contribution in [2.45, 2.75) is 13.3 Å². The number of rotatable bonds is 4. The maximum atomic E-state index is 12.1. The van der Waals surface area contributed by atoms with Crippen LogP contribution >= 0.6 is 11.6 Å². The summed E-state index contributed by atoms with van der Waals surface area (Å²) in [5.74, 6) is -0.356. The zero-order valence-electron chi connectivity index (χ0n) is 11.3. The number of nitrogens with one attached hydrogen (secondary N) is 3. The van der Waals surface area contributed by atoms with Crippen LogP contribution in [0, 0.1) is 5.92 Å². The first kappa shape index (κ1) is 14.8. The molecule has 1 atom stereocenters. The fraction of sp³-hybridized carbons (Fsp3) is 0.429. The molecule has 2 amide bonds. The molecule has 20 heavy (non-hydrogen) atoms. The van der Waals surface area contributed by atoms with Gasteiger partial charge in [0.05, 0.1) is 17.2 Å². The lowest BCUT2D eigenvalue weighted by molar-refractivity contribution is -0.119. The summed E-state index contributed by atoms with van der Waals surface area (Å²) in [7, 11) is 0. The number of hydrogen-bond acceptors (Lipinski definition) is 3. The number of carbonyl (C=O) groups excluding carboxylic acids is 2. The van der Waals surface area contributed by atoms with Crippen molar-refractivity contribution in [1.82, 2.24) is 10.6 Å². The summed E-state index contributed by atoms with van der Waals surface area (Å²) < 4.78 is 0. The Labute approximate surface area is 123 Å². The normalized spacial score (nSPS) is 17.8. The fourth-order valence-corrected chi connectivity index (χ4v) is 2.35. The smallest absolute Gasteiger partial charge is 0.253 e. The van der Waals surface area contributed by atoms with Crippen molar-refractivity contribution in [3.05, 3.63) is 28.8 Å². The van der Waals surface area contributed by atoms with Gasteiger partial charge in [-0.1, -0.05) is 11.6 Å². The molecule has 1 aromatic carbocycles. The molecule has 1 aliphatic rings. The molecule has 0 aromatic heterocycles. The molecular weight excluding hydrogens is 278 g/mol. The largest absolute Gasteiger partial charge is 0.352 e. The van der Waals surface area contributed by atoms with Gasteiger partial charge >= 0.3 is 0 Å². The highest BCUT2D eigenvalue weighted by Gasteiger charge is 2.23. The molecular formula is C14H18ClN3O2. The highest BCUT2D eigenvalue weighted by molar-refractivity contribution is 6.31. The second kappa shape index (κ2) is 6.72. The summed E-state index contributed by atoms with van der Waals surface area (Å²) >= 11 is 5.92. The number of halogens is 1. The van der Waals surface area contributed by atoms with Gasteiger partial charge in [-0.25, -0.2) is 0 Å². The van der Waals surface area contributed by atoms with E-state index >= 15 is 0 Å². The van der Waals surface area contributed by atoms with Gasteiger partial charge in [0.1, 0.15) is 0 Å². The van der Waals surface area contributed by atoms with Crippen molar-refractivity contribution < 1.29 is 9.59 Å². The first-order valence-electron chi connectivity index (χ1n) is 6.71. The van der Waals surface area contributed by atoms with Gasteiger partial charge in [0, 0.05) is 18.1 Å². The minimum atomic E-state index is -0.241. The Hall–Kier alpha value is -1.59. The van der Waals surface area contributed by atoms with E-state index < -0.39 is 0 Å². The third kappa shape index (κ3) is 3.49. The monoisotopic (exact) mass is 295 g/mol. The van der Waals surface area contributed by atoms with E-state index in [0.29, 0.717) is 29.4 Å². The van der Waals surface area contributed by atoms with E-state index in [-0.39, 0.29) is 17.7 Å².